The van der Waals surface area contributed by atoms with Gasteiger partial charge in [-0.1, -0.05) is 6.07 Å². The van der Waals surface area contributed by atoms with Gasteiger partial charge >= 0.3 is 0 Å². The Kier molecular flexibility index (Phi) is 5.25. The summed E-state index contributed by atoms with van der Waals surface area (Å²) in [6.07, 6.45) is 3.18. The molecule has 3 N–H and O–H groups in total. The van der Waals surface area contributed by atoms with Crippen molar-refractivity contribution in [3.05, 3.63) is 29.8 Å². The van der Waals surface area contributed by atoms with Crippen LogP contribution in [-0.2, 0) is 9.53 Å². The Bertz CT molecular complexity index is 564. The molecule has 1 atom stereocenters. The molecule has 1 aromatic carbocycles. The van der Waals surface area contributed by atoms with Crippen LogP contribution in [0.2, 0.25) is 0 Å². The molecule has 0 aliphatic carbocycles. The van der Waals surface area contributed by atoms with Crippen molar-refractivity contribution in [2.24, 2.45) is 0 Å². The van der Waals surface area contributed by atoms with Gasteiger partial charge in [-0.2, -0.15) is 0 Å². The van der Waals surface area contributed by atoms with Crippen LogP contribution in [0, 0.1) is 0 Å². The molecule has 0 radical (unpaired) electrons. The summed E-state index contributed by atoms with van der Waals surface area (Å²) in [4.78, 5) is 24.4. The topological polar surface area (TPSA) is 79.5 Å². The highest BCUT2D eigenvalue weighted by Gasteiger charge is 2.23. The van der Waals surface area contributed by atoms with E-state index < -0.39 is 0 Å². The number of hydrogen-bond acceptors (Lipinski definition) is 4. The van der Waals surface area contributed by atoms with E-state index in [1.807, 2.05) is 0 Å². The number of rotatable bonds is 4. The fourth-order valence-electron chi connectivity index (χ4n) is 2.98. The maximum atomic E-state index is 12.3. The van der Waals surface area contributed by atoms with Gasteiger partial charge in [0, 0.05) is 23.9 Å². The zero-order chi connectivity index (χ0) is 16.1. The molecule has 0 bridgehead atoms. The normalized spacial score (nSPS) is 21.8. The first-order chi connectivity index (χ1) is 11.2. The Hall–Kier alpha value is -1.92. The van der Waals surface area contributed by atoms with Crippen molar-refractivity contribution < 1.29 is 14.3 Å². The van der Waals surface area contributed by atoms with Crippen LogP contribution in [0.1, 0.15) is 36.0 Å². The third-order valence-corrected chi connectivity index (χ3v) is 4.29. The molecule has 0 spiro atoms. The van der Waals surface area contributed by atoms with Crippen LogP contribution in [0.3, 0.4) is 0 Å². The lowest BCUT2D eigenvalue weighted by Crippen LogP contribution is -2.42. The predicted octanol–water partition coefficient (Wildman–Crippen LogP) is 1.29. The van der Waals surface area contributed by atoms with E-state index in [1.54, 1.807) is 24.3 Å². The second kappa shape index (κ2) is 7.57. The molecule has 3 rings (SSSR count). The number of carbonyl (C=O) groups excluding carboxylic acids is 2. The fraction of sp³-hybridized carbons (Fsp3) is 0.529. The maximum absolute atomic E-state index is 12.3. The lowest BCUT2D eigenvalue weighted by atomic mass is 10.1. The van der Waals surface area contributed by atoms with Gasteiger partial charge in [0.25, 0.3) is 11.8 Å². The van der Waals surface area contributed by atoms with Crippen molar-refractivity contribution in [1.82, 2.24) is 10.6 Å². The molecular formula is C17H23N3O3. The molecular weight excluding hydrogens is 294 g/mol. The van der Waals surface area contributed by atoms with E-state index >= 15 is 0 Å². The molecule has 124 valence electrons. The lowest BCUT2D eigenvalue weighted by Gasteiger charge is -2.23. The van der Waals surface area contributed by atoms with Crippen LogP contribution in [0.4, 0.5) is 5.69 Å². The number of ether oxygens (including phenoxy) is 1. The molecule has 1 aromatic rings. The van der Waals surface area contributed by atoms with Crippen molar-refractivity contribution in [2.75, 3.05) is 25.0 Å². The van der Waals surface area contributed by atoms with Gasteiger partial charge in [-0.25, -0.2) is 0 Å². The average molecular weight is 317 g/mol. The van der Waals surface area contributed by atoms with E-state index in [0.717, 1.165) is 38.8 Å². The first-order valence-corrected chi connectivity index (χ1v) is 8.26. The number of anilines is 1. The third kappa shape index (κ3) is 4.30. The smallest absolute Gasteiger partial charge is 0.253 e. The van der Waals surface area contributed by atoms with E-state index in [0.29, 0.717) is 17.9 Å². The number of nitrogens with one attached hydrogen (secondary N) is 3. The highest BCUT2D eigenvalue weighted by atomic mass is 16.5. The molecule has 2 aliphatic rings. The molecule has 2 aliphatic heterocycles. The van der Waals surface area contributed by atoms with Crippen LogP contribution >= 0.6 is 0 Å². The molecule has 2 saturated heterocycles. The summed E-state index contributed by atoms with van der Waals surface area (Å²) < 4.78 is 5.37. The molecule has 0 aromatic heterocycles. The molecule has 1 unspecified atom stereocenters. The first kappa shape index (κ1) is 16.0. The van der Waals surface area contributed by atoms with E-state index in [2.05, 4.69) is 16.0 Å². The van der Waals surface area contributed by atoms with Crippen LogP contribution in [0.15, 0.2) is 24.3 Å². The second-order valence-corrected chi connectivity index (χ2v) is 6.07. The van der Waals surface area contributed by atoms with Crippen molar-refractivity contribution in [3.8, 4) is 0 Å². The molecule has 2 fully saturated rings. The van der Waals surface area contributed by atoms with Crippen LogP contribution in [-0.4, -0.2) is 43.7 Å². The van der Waals surface area contributed by atoms with Crippen LogP contribution in [0.25, 0.3) is 0 Å². The van der Waals surface area contributed by atoms with E-state index in [9.17, 15) is 9.59 Å². The minimum atomic E-state index is -0.373. The van der Waals surface area contributed by atoms with Gasteiger partial charge < -0.3 is 20.7 Å². The zero-order valence-electron chi connectivity index (χ0n) is 13.1. The Morgan fingerprint density at radius 2 is 2.00 bits per heavy atom. The van der Waals surface area contributed by atoms with E-state index in [1.165, 1.54) is 0 Å². The Balaban J connectivity index is 1.59. The number of benzene rings is 1. The summed E-state index contributed by atoms with van der Waals surface area (Å²) in [7, 11) is 0. The predicted molar refractivity (Wildman–Crippen MR) is 87.4 cm³/mol. The van der Waals surface area contributed by atoms with E-state index in [4.69, 9.17) is 4.74 Å². The molecule has 6 nitrogen and oxygen atoms in total. The van der Waals surface area contributed by atoms with Gasteiger partial charge in [-0.3, -0.25) is 9.59 Å². The van der Waals surface area contributed by atoms with Gasteiger partial charge in [0.05, 0.1) is 0 Å². The molecule has 2 amide bonds. The van der Waals surface area contributed by atoms with Gasteiger partial charge in [0.2, 0.25) is 0 Å². The Morgan fingerprint density at radius 1 is 1.17 bits per heavy atom. The summed E-state index contributed by atoms with van der Waals surface area (Å²) in [6.45, 7) is 2.50. The van der Waals surface area contributed by atoms with Crippen molar-refractivity contribution in [3.63, 3.8) is 0 Å². The minimum Gasteiger partial charge on any atom is -0.368 e. The number of hydrogen-bond donors (Lipinski definition) is 3. The second-order valence-electron chi connectivity index (χ2n) is 6.07. The maximum Gasteiger partial charge on any atom is 0.253 e. The molecule has 23 heavy (non-hydrogen) atoms. The molecule has 6 heteroatoms. The van der Waals surface area contributed by atoms with Gasteiger partial charge in [0.15, 0.2) is 0 Å². The Labute approximate surface area is 136 Å². The molecule has 0 saturated carbocycles. The fourth-order valence-corrected chi connectivity index (χ4v) is 2.98. The monoisotopic (exact) mass is 317 g/mol. The Morgan fingerprint density at radius 3 is 2.74 bits per heavy atom. The van der Waals surface area contributed by atoms with Crippen molar-refractivity contribution in [2.45, 2.75) is 37.8 Å². The standard InChI is InChI=1S/C17H23N3O3/c21-16(19-13-6-8-18-9-7-13)12-3-1-4-14(11-12)20-17(22)15-5-2-10-23-15/h1,3-4,11,13,15,18H,2,5-10H2,(H,19,21)(H,20,22). The summed E-state index contributed by atoms with van der Waals surface area (Å²) >= 11 is 0. The number of carbonyl (C=O) groups is 2. The molecule has 2 heterocycles. The van der Waals surface area contributed by atoms with Crippen molar-refractivity contribution >= 4 is 17.5 Å². The summed E-state index contributed by atoms with van der Waals surface area (Å²) in [5.74, 6) is -0.233. The van der Waals surface area contributed by atoms with E-state index in [-0.39, 0.29) is 24.0 Å². The largest absolute Gasteiger partial charge is 0.368 e. The number of piperidine rings is 1. The van der Waals surface area contributed by atoms with Gasteiger partial charge in [-0.15, -0.1) is 0 Å². The van der Waals surface area contributed by atoms with Crippen LogP contribution in [0.5, 0.6) is 0 Å². The zero-order valence-corrected chi connectivity index (χ0v) is 13.1. The average Bonchev–Trinajstić information content (AvgIpc) is 3.11. The SMILES string of the molecule is O=C(NC1CCNCC1)c1cccc(NC(=O)C2CCCO2)c1. The van der Waals surface area contributed by atoms with Gasteiger partial charge in [-0.05, 0) is 57.0 Å². The summed E-state index contributed by atoms with van der Waals surface area (Å²) in [6, 6.07) is 7.26. The van der Waals surface area contributed by atoms with Gasteiger partial charge in [0.1, 0.15) is 6.10 Å². The summed E-state index contributed by atoms with van der Waals surface area (Å²) in [5, 5.41) is 9.16. The quantitative estimate of drug-likeness (QED) is 0.782. The highest BCUT2D eigenvalue weighted by Crippen LogP contribution is 2.16. The third-order valence-electron chi connectivity index (χ3n) is 4.29. The van der Waals surface area contributed by atoms with Crippen LogP contribution < -0.4 is 16.0 Å². The summed E-state index contributed by atoms with van der Waals surface area (Å²) in [5.41, 5.74) is 1.19. The first-order valence-electron chi connectivity index (χ1n) is 8.26. The lowest BCUT2D eigenvalue weighted by molar-refractivity contribution is -0.124. The van der Waals surface area contributed by atoms with Crippen molar-refractivity contribution in [1.29, 1.82) is 0 Å². The minimum absolute atomic E-state index is 0.0925. The number of amides is 2. The highest BCUT2D eigenvalue weighted by molar-refractivity contribution is 5.98.